The fourth-order valence-corrected chi connectivity index (χ4v) is 2.00. The van der Waals surface area contributed by atoms with Crippen LogP contribution in [0.25, 0.3) is 0 Å². The van der Waals surface area contributed by atoms with E-state index in [1.165, 1.54) is 6.20 Å². The summed E-state index contributed by atoms with van der Waals surface area (Å²) in [5.41, 5.74) is 1.72. The number of cyclic esters (lactones) is 1. The van der Waals surface area contributed by atoms with Crippen molar-refractivity contribution < 1.29 is 13.9 Å². The molecule has 0 radical (unpaired) electrons. The predicted molar refractivity (Wildman–Crippen MR) is 73.8 cm³/mol. The molecule has 1 atom stereocenters. The summed E-state index contributed by atoms with van der Waals surface area (Å²) in [5, 5.41) is 2.52. The molecule has 2 aromatic rings. The van der Waals surface area contributed by atoms with Crippen molar-refractivity contribution in [2.45, 2.75) is 6.04 Å². The van der Waals surface area contributed by atoms with Crippen LogP contribution in [0.3, 0.4) is 0 Å². The summed E-state index contributed by atoms with van der Waals surface area (Å²) < 4.78 is 18.5. The number of benzene rings is 1. The second kappa shape index (κ2) is 5.63. The number of hydrogen-bond acceptors (Lipinski definition) is 3. The number of halogens is 1. The van der Waals surface area contributed by atoms with Crippen LogP contribution in [0.2, 0.25) is 0 Å². The van der Waals surface area contributed by atoms with Crippen LogP contribution in [0, 0.1) is 17.8 Å². The van der Waals surface area contributed by atoms with Crippen LogP contribution in [0.4, 0.5) is 9.18 Å². The lowest BCUT2D eigenvalue weighted by Crippen LogP contribution is -2.19. The first kappa shape index (κ1) is 13.1. The van der Waals surface area contributed by atoms with Gasteiger partial charge >= 0.3 is 6.09 Å². The van der Waals surface area contributed by atoms with Crippen LogP contribution in [0.1, 0.15) is 22.7 Å². The van der Waals surface area contributed by atoms with E-state index in [4.69, 9.17) is 4.74 Å². The number of ether oxygens (including phenoxy) is 1. The third-order valence-corrected chi connectivity index (χ3v) is 3.04. The highest BCUT2D eigenvalue weighted by atomic mass is 19.1. The van der Waals surface area contributed by atoms with E-state index >= 15 is 0 Å². The first-order chi connectivity index (χ1) is 10.2. The number of nitrogens with zero attached hydrogens (tertiary/aromatic N) is 1. The van der Waals surface area contributed by atoms with Crippen molar-refractivity contribution in [3.63, 3.8) is 0 Å². The van der Waals surface area contributed by atoms with E-state index in [1.54, 1.807) is 6.07 Å². The summed E-state index contributed by atoms with van der Waals surface area (Å²) in [6, 6.07) is 10.5. The van der Waals surface area contributed by atoms with Crippen LogP contribution in [-0.2, 0) is 4.74 Å². The molecule has 5 heteroatoms. The van der Waals surface area contributed by atoms with E-state index in [2.05, 4.69) is 22.1 Å². The zero-order valence-electron chi connectivity index (χ0n) is 11.0. The lowest BCUT2D eigenvalue weighted by molar-refractivity contribution is 0.176. The number of aromatic nitrogens is 1. The maximum Gasteiger partial charge on any atom is 0.407 e. The Morgan fingerprint density at radius 1 is 1.24 bits per heavy atom. The smallest absolute Gasteiger partial charge is 0.407 e. The van der Waals surface area contributed by atoms with Crippen molar-refractivity contribution in [3.8, 4) is 11.8 Å². The van der Waals surface area contributed by atoms with E-state index in [9.17, 15) is 9.18 Å². The molecular formula is C16H11FN2O2. The Bertz CT molecular complexity index is 735. The molecule has 1 N–H and O–H groups in total. The number of nitrogens with one attached hydrogen (secondary N) is 1. The zero-order chi connectivity index (χ0) is 14.7. The molecule has 104 valence electrons. The highest BCUT2D eigenvalue weighted by Gasteiger charge is 2.26. The lowest BCUT2D eigenvalue weighted by atomic mass is 10.1. The maximum atomic E-state index is 13.7. The molecule has 1 aliphatic rings. The van der Waals surface area contributed by atoms with Crippen molar-refractivity contribution in [2.75, 3.05) is 6.61 Å². The summed E-state index contributed by atoms with van der Waals surface area (Å²) in [5.74, 6) is 5.28. The Morgan fingerprint density at radius 2 is 2.00 bits per heavy atom. The van der Waals surface area contributed by atoms with Gasteiger partial charge in [0.05, 0.1) is 6.04 Å². The largest absolute Gasteiger partial charge is 0.447 e. The molecule has 0 bridgehead atoms. The molecule has 3 rings (SSSR count). The van der Waals surface area contributed by atoms with Gasteiger partial charge in [-0.25, -0.2) is 9.78 Å². The van der Waals surface area contributed by atoms with Gasteiger partial charge in [-0.2, -0.15) is 4.39 Å². The summed E-state index contributed by atoms with van der Waals surface area (Å²) in [6.07, 6.45) is 0.812. The molecule has 21 heavy (non-hydrogen) atoms. The van der Waals surface area contributed by atoms with Crippen molar-refractivity contribution in [1.29, 1.82) is 0 Å². The summed E-state index contributed by atoms with van der Waals surface area (Å²) >= 11 is 0. The number of carbonyl (C=O) groups is 1. The minimum absolute atomic E-state index is 0.0903. The van der Waals surface area contributed by atoms with Gasteiger partial charge in [-0.3, -0.25) is 0 Å². The first-order valence-electron chi connectivity index (χ1n) is 6.38. The third kappa shape index (κ3) is 3.00. The van der Waals surface area contributed by atoms with Gasteiger partial charge in [-0.1, -0.05) is 30.0 Å². The number of alkyl carbamates (subject to hydrolysis) is 1. The monoisotopic (exact) mass is 282 g/mol. The minimum Gasteiger partial charge on any atom is -0.447 e. The molecule has 0 spiro atoms. The number of amides is 1. The van der Waals surface area contributed by atoms with Crippen LogP contribution >= 0.6 is 0 Å². The molecule has 1 aliphatic heterocycles. The van der Waals surface area contributed by atoms with Gasteiger partial charge in [-0.05, 0) is 18.2 Å². The topological polar surface area (TPSA) is 51.2 Å². The molecule has 1 saturated heterocycles. The van der Waals surface area contributed by atoms with Gasteiger partial charge in [0, 0.05) is 22.9 Å². The molecule has 0 saturated carbocycles. The van der Waals surface area contributed by atoms with Gasteiger partial charge in [-0.15, -0.1) is 0 Å². The molecule has 0 aliphatic carbocycles. The zero-order valence-corrected chi connectivity index (χ0v) is 11.0. The van der Waals surface area contributed by atoms with Crippen molar-refractivity contribution >= 4 is 6.09 Å². The predicted octanol–water partition coefficient (Wildman–Crippen LogP) is 2.40. The Kier molecular flexibility index (Phi) is 3.52. The second-order valence-electron chi connectivity index (χ2n) is 4.52. The minimum atomic E-state index is -0.629. The number of hydrogen-bond donors (Lipinski definition) is 1. The average Bonchev–Trinajstić information content (AvgIpc) is 2.94. The summed E-state index contributed by atoms with van der Waals surface area (Å²) in [4.78, 5) is 14.7. The lowest BCUT2D eigenvalue weighted by Gasteiger charge is -2.08. The van der Waals surface area contributed by atoms with Crippen molar-refractivity contribution in [1.82, 2.24) is 10.3 Å². The summed E-state index contributed by atoms with van der Waals surface area (Å²) in [6.45, 7) is 0.0903. The van der Waals surface area contributed by atoms with E-state index < -0.39 is 18.1 Å². The number of pyridine rings is 1. The fraction of sp³-hybridized carbons (Fsp3) is 0.125. The Morgan fingerprint density at radius 3 is 2.71 bits per heavy atom. The molecular weight excluding hydrogens is 271 g/mol. The van der Waals surface area contributed by atoms with Crippen molar-refractivity contribution in [2.24, 2.45) is 0 Å². The first-order valence-corrected chi connectivity index (χ1v) is 6.38. The van der Waals surface area contributed by atoms with Gasteiger partial charge in [0.15, 0.2) is 0 Å². The normalized spacial score (nSPS) is 16.6. The third-order valence-electron chi connectivity index (χ3n) is 3.04. The van der Waals surface area contributed by atoms with E-state index in [-0.39, 0.29) is 12.2 Å². The van der Waals surface area contributed by atoms with E-state index in [0.717, 1.165) is 5.56 Å². The molecule has 0 unspecified atom stereocenters. The average molecular weight is 282 g/mol. The highest BCUT2D eigenvalue weighted by molar-refractivity contribution is 5.70. The standard InChI is InChI=1S/C16H11FN2O2/c17-15-13(14-10-21-16(20)19-14)8-12(9-18-15)7-6-11-4-2-1-3-5-11/h1-5,8-9,14H,10H2,(H,19,20)/t14-/m0/s1. The van der Waals surface area contributed by atoms with Crippen LogP contribution < -0.4 is 5.32 Å². The molecule has 1 fully saturated rings. The Balaban J connectivity index is 1.88. The fourth-order valence-electron chi connectivity index (χ4n) is 2.00. The SMILES string of the molecule is O=C1N[C@H](c2cc(C#Cc3ccccc3)cnc2F)CO1. The van der Waals surface area contributed by atoms with Crippen LogP contribution in [-0.4, -0.2) is 17.7 Å². The summed E-state index contributed by atoms with van der Waals surface area (Å²) in [7, 11) is 0. The molecule has 4 nitrogen and oxygen atoms in total. The Hall–Kier alpha value is -2.87. The van der Waals surface area contributed by atoms with Crippen LogP contribution in [0.5, 0.6) is 0 Å². The molecule has 1 amide bonds. The molecule has 1 aromatic heterocycles. The maximum absolute atomic E-state index is 13.7. The molecule has 2 heterocycles. The quantitative estimate of drug-likeness (QED) is 0.645. The Labute approximate surface area is 121 Å². The highest BCUT2D eigenvalue weighted by Crippen LogP contribution is 2.20. The van der Waals surface area contributed by atoms with Crippen molar-refractivity contribution in [3.05, 3.63) is 65.2 Å². The van der Waals surface area contributed by atoms with Gasteiger partial charge in [0.2, 0.25) is 5.95 Å². The van der Waals surface area contributed by atoms with Gasteiger partial charge in [0.1, 0.15) is 6.61 Å². The molecule has 1 aromatic carbocycles. The second-order valence-corrected chi connectivity index (χ2v) is 4.52. The number of rotatable bonds is 1. The van der Waals surface area contributed by atoms with Crippen LogP contribution in [0.15, 0.2) is 42.6 Å². The van der Waals surface area contributed by atoms with E-state index in [0.29, 0.717) is 5.56 Å². The van der Waals surface area contributed by atoms with Gasteiger partial charge < -0.3 is 10.1 Å². The van der Waals surface area contributed by atoms with Gasteiger partial charge in [0.25, 0.3) is 0 Å². The number of carbonyl (C=O) groups excluding carboxylic acids is 1. The van der Waals surface area contributed by atoms with E-state index in [1.807, 2.05) is 30.3 Å².